The maximum atomic E-state index is 3.82. The minimum Gasteiger partial charge on any atom is -0.317 e. The Morgan fingerprint density at radius 1 is 1.23 bits per heavy atom. The molecule has 0 aromatic heterocycles. The fourth-order valence-corrected chi connectivity index (χ4v) is 1.75. The van der Waals surface area contributed by atoms with E-state index < -0.39 is 0 Å². The highest BCUT2D eigenvalue weighted by atomic mass is 15.3. The van der Waals surface area contributed by atoms with Gasteiger partial charge in [-0.1, -0.05) is 26.5 Å². The molecule has 0 aliphatic carbocycles. The predicted molar refractivity (Wildman–Crippen MR) is 60.7 cm³/mol. The van der Waals surface area contributed by atoms with Gasteiger partial charge in [-0.25, -0.2) is 0 Å². The van der Waals surface area contributed by atoms with Gasteiger partial charge in [0, 0.05) is 0 Å². The van der Waals surface area contributed by atoms with E-state index in [9.17, 15) is 0 Å². The molecule has 0 aliphatic heterocycles. The molecule has 0 heterocycles. The van der Waals surface area contributed by atoms with Gasteiger partial charge in [0.15, 0.2) is 0 Å². The Kier molecular flexibility index (Phi) is 5.72. The standard InChI is InChI=1S/C12H24N/c1-6-9-12(4)13(5,10-7-2)11-8-3/h7-8,12H,2-3,6,9-11H2,1,4-5H3/q+1. The van der Waals surface area contributed by atoms with Crippen molar-refractivity contribution in [3.8, 4) is 0 Å². The Morgan fingerprint density at radius 3 is 2.00 bits per heavy atom. The van der Waals surface area contributed by atoms with Crippen LogP contribution in [0.4, 0.5) is 0 Å². The third-order valence-electron chi connectivity index (χ3n) is 2.86. The molecule has 0 radical (unpaired) electrons. The first-order valence-electron chi connectivity index (χ1n) is 5.16. The SMILES string of the molecule is C=CC[N+](C)(CC=C)C(C)CCC. The van der Waals surface area contributed by atoms with E-state index in [1.54, 1.807) is 0 Å². The van der Waals surface area contributed by atoms with E-state index in [0.29, 0.717) is 6.04 Å². The third-order valence-corrected chi connectivity index (χ3v) is 2.86. The van der Waals surface area contributed by atoms with Gasteiger partial charge in [0.1, 0.15) is 0 Å². The highest BCUT2D eigenvalue weighted by Crippen LogP contribution is 2.15. The summed E-state index contributed by atoms with van der Waals surface area (Å²) in [6.45, 7) is 14.3. The quantitative estimate of drug-likeness (QED) is 0.419. The summed E-state index contributed by atoms with van der Waals surface area (Å²) in [5.41, 5.74) is 0. The minimum atomic E-state index is 0.695. The smallest absolute Gasteiger partial charge is 0.0973 e. The molecule has 0 rings (SSSR count). The van der Waals surface area contributed by atoms with E-state index in [0.717, 1.165) is 17.6 Å². The van der Waals surface area contributed by atoms with Crippen molar-refractivity contribution in [2.24, 2.45) is 0 Å². The summed E-state index contributed by atoms with van der Waals surface area (Å²) in [5, 5.41) is 0. The Morgan fingerprint density at radius 2 is 1.69 bits per heavy atom. The summed E-state index contributed by atoms with van der Waals surface area (Å²) in [6.07, 6.45) is 6.55. The Labute approximate surface area is 83.3 Å². The Balaban J connectivity index is 4.34. The number of hydrogen-bond donors (Lipinski definition) is 0. The zero-order valence-electron chi connectivity index (χ0n) is 9.42. The molecule has 0 aromatic carbocycles. The third kappa shape index (κ3) is 3.77. The van der Waals surface area contributed by atoms with Gasteiger partial charge < -0.3 is 4.48 Å². The highest BCUT2D eigenvalue weighted by molar-refractivity contribution is 4.72. The number of nitrogens with zero attached hydrogens (tertiary/aromatic N) is 1. The van der Waals surface area contributed by atoms with Crippen LogP contribution in [0.5, 0.6) is 0 Å². The molecule has 0 bridgehead atoms. The van der Waals surface area contributed by atoms with E-state index in [-0.39, 0.29) is 0 Å². The molecule has 0 fully saturated rings. The molecule has 0 spiro atoms. The van der Waals surface area contributed by atoms with Crippen molar-refractivity contribution in [3.05, 3.63) is 25.3 Å². The van der Waals surface area contributed by atoms with Crippen LogP contribution < -0.4 is 0 Å². The van der Waals surface area contributed by atoms with E-state index in [4.69, 9.17) is 0 Å². The van der Waals surface area contributed by atoms with E-state index in [1.807, 2.05) is 12.2 Å². The number of quaternary nitrogens is 1. The topological polar surface area (TPSA) is 0 Å². The summed E-state index contributed by atoms with van der Waals surface area (Å²) >= 11 is 0. The lowest BCUT2D eigenvalue weighted by atomic mass is 10.1. The lowest BCUT2D eigenvalue weighted by Crippen LogP contribution is -2.51. The van der Waals surface area contributed by atoms with Gasteiger partial charge in [-0.3, -0.25) is 0 Å². The van der Waals surface area contributed by atoms with Gasteiger partial charge in [-0.05, 0) is 25.5 Å². The maximum absolute atomic E-state index is 3.82. The van der Waals surface area contributed by atoms with Crippen molar-refractivity contribution in [1.29, 1.82) is 0 Å². The number of hydrogen-bond acceptors (Lipinski definition) is 0. The van der Waals surface area contributed by atoms with E-state index in [1.165, 1.54) is 12.8 Å². The van der Waals surface area contributed by atoms with Crippen molar-refractivity contribution < 1.29 is 4.48 Å². The highest BCUT2D eigenvalue weighted by Gasteiger charge is 2.25. The van der Waals surface area contributed by atoms with Gasteiger partial charge in [-0.15, -0.1) is 0 Å². The molecule has 1 atom stereocenters. The van der Waals surface area contributed by atoms with Gasteiger partial charge >= 0.3 is 0 Å². The molecule has 0 aliphatic rings. The molecule has 76 valence electrons. The van der Waals surface area contributed by atoms with Crippen LogP contribution in [0.15, 0.2) is 25.3 Å². The zero-order chi connectivity index (χ0) is 10.3. The lowest BCUT2D eigenvalue weighted by molar-refractivity contribution is -0.921. The van der Waals surface area contributed by atoms with Gasteiger partial charge in [0.05, 0.1) is 26.2 Å². The minimum absolute atomic E-state index is 0.695. The molecule has 0 amide bonds. The summed E-state index contributed by atoms with van der Waals surface area (Å²) in [4.78, 5) is 0. The van der Waals surface area contributed by atoms with Crippen LogP contribution in [0.25, 0.3) is 0 Å². The van der Waals surface area contributed by atoms with Crippen LogP contribution in [0.1, 0.15) is 26.7 Å². The van der Waals surface area contributed by atoms with Crippen molar-refractivity contribution in [1.82, 2.24) is 0 Å². The van der Waals surface area contributed by atoms with Crippen molar-refractivity contribution >= 4 is 0 Å². The first kappa shape index (κ1) is 12.4. The zero-order valence-corrected chi connectivity index (χ0v) is 9.42. The van der Waals surface area contributed by atoms with Crippen LogP contribution in [0.3, 0.4) is 0 Å². The molecule has 1 heteroatoms. The van der Waals surface area contributed by atoms with Crippen LogP contribution in [-0.4, -0.2) is 30.7 Å². The first-order valence-corrected chi connectivity index (χ1v) is 5.16. The maximum Gasteiger partial charge on any atom is 0.0973 e. The van der Waals surface area contributed by atoms with Gasteiger partial charge in [-0.2, -0.15) is 0 Å². The van der Waals surface area contributed by atoms with Crippen LogP contribution in [0, 0.1) is 0 Å². The van der Waals surface area contributed by atoms with Crippen LogP contribution in [0.2, 0.25) is 0 Å². The number of rotatable bonds is 7. The second-order valence-electron chi connectivity index (χ2n) is 4.06. The number of likely N-dealkylation sites (N-methyl/N-ethyl adjacent to an activating group) is 1. The fraction of sp³-hybridized carbons (Fsp3) is 0.667. The van der Waals surface area contributed by atoms with Crippen molar-refractivity contribution in [2.75, 3.05) is 20.1 Å². The second kappa shape index (κ2) is 5.98. The molecule has 13 heavy (non-hydrogen) atoms. The van der Waals surface area contributed by atoms with Gasteiger partial charge in [0.2, 0.25) is 0 Å². The summed E-state index contributed by atoms with van der Waals surface area (Å²) in [5.74, 6) is 0. The largest absolute Gasteiger partial charge is 0.317 e. The molecular formula is C12H24N+. The molecule has 1 unspecified atom stereocenters. The summed E-state index contributed by atoms with van der Waals surface area (Å²) in [6, 6.07) is 0.695. The Bertz CT molecular complexity index is 151. The predicted octanol–water partition coefficient (Wildman–Crippen LogP) is 2.99. The van der Waals surface area contributed by atoms with Crippen LogP contribution >= 0.6 is 0 Å². The summed E-state index contributed by atoms with van der Waals surface area (Å²) in [7, 11) is 2.28. The molecular weight excluding hydrogens is 158 g/mol. The second-order valence-corrected chi connectivity index (χ2v) is 4.06. The van der Waals surface area contributed by atoms with Crippen molar-refractivity contribution in [2.45, 2.75) is 32.7 Å². The Hall–Kier alpha value is -0.560. The fourth-order valence-electron chi connectivity index (χ4n) is 1.75. The average Bonchev–Trinajstić information content (AvgIpc) is 2.05. The van der Waals surface area contributed by atoms with Gasteiger partial charge in [0.25, 0.3) is 0 Å². The molecule has 0 saturated carbocycles. The molecule has 0 saturated heterocycles. The van der Waals surface area contributed by atoms with E-state index in [2.05, 4.69) is 34.1 Å². The average molecular weight is 182 g/mol. The first-order chi connectivity index (χ1) is 6.10. The summed E-state index contributed by atoms with van der Waals surface area (Å²) < 4.78 is 1.04. The monoisotopic (exact) mass is 182 g/mol. The molecule has 0 N–H and O–H groups in total. The van der Waals surface area contributed by atoms with E-state index >= 15 is 0 Å². The normalized spacial score (nSPS) is 13.8. The van der Waals surface area contributed by atoms with Crippen LogP contribution in [-0.2, 0) is 0 Å². The molecule has 1 nitrogen and oxygen atoms in total. The molecule has 0 aromatic rings. The lowest BCUT2D eigenvalue weighted by Gasteiger charge is -2.38. The van der Waals surface area contributed by atoms with Crippen molar-refractivity contribution in [3.63, 3.8) is 0 Å².